The van der Waals surface area contributed by atoms with Crippen LogP contribution in [0.3, 0.4) is 0 Å². The van der Waals surface area contributed by atoms with E-state index in [2.05, 4.69) is 27.9 Å². The van der Waals surface area contributed by atoms with Crippen molar-refractivity contribution in [3.8, 4) is 0 Å². The molecule has 0 bridgehead atoms. The third-order valence-electron chi connectivity index (χ3n) is 2.59. The van der Waals surface area contributed by atoms with Crippen molar-refractivity contribution in [2.24, 2.45) is 11.7 Å². The van der Waals surface area contributed by atoms with Crippen LogP contribution in [0.4, 0.5) is 0 Å². The fourth-order valence-corrected chi connectivity index (χ4v) is 2.88. The van der Waals surface area contributed by atoms with Crippen LogP contribution in [0.25, 0.3) is 0 Å². The lowest BCUT2D eigenvalue weighted by molar-refractivity contribution is 0.0934. The zero-order valence-electron chi connectivity index (χ0n) is 8.20. The van der Waals surface area contributed by atoms with Crippen LogP contribution >= 0.6 is 33.9 Å². The maximum absolute atomic E-state index is 11.8. The van der Waals surface area contributed by atoms with E-state index in [4.69, 9.17) is 5.73 Å². The van der Waals surface area contributed by atoms with E-state index in [1.165, 1.54) is 12.8 Å². The molecular formula is C10H13IN2OS. The van der Waals surface area contributed by atoms with Gasteiger partial charge in [-0.1, -0.05) is 0 Å². The van der Waals surface area contributed by atoms with E-state index in [-0.39, 0.29) is 11.9 Å². The Morgan fingerprint density at radius 3 is 2.93 bits per heavy atom. The summed E-state index contributed by atoms with van der Waals surface area (Å²) >= 11 is 3.80. The fourth-order valence-electron chi connectivity index (χ4n) is 1.55. The molecule has 1 saturated carbocycles. The first-order chi connectivity index (χ1) is 7.20. The number of nitrogens with one attached hydrogen (secondary N) is 1. The maximum atomic E-state index is 11.8. The van der Waals surface area contributed by atoms with E-state index >= 15 is 0 Å². The number of rotatable bonds is 4. The summed E-state index contributed by atoms with van der Waals surface area (Å²) in [6.45, 7) is 0.539. The number of nitrogens with two attached hydrogens (primary N) is 1. The first-order valence-corrected chi connectivity index (χ1v) is 6.91. The summed E-state index contributed by atoms with van der Waals surface area (Å²) in [5.74, 6) is 0.619. The molecule has 0 radical (unpaired) electrons. The van der Waals surface area contributed by atoms with Crippen LogP contribution in [0.5, 0.6) is 0 Å². The smallest absolute Gasteiger partial charge is 0.252 e. The largest absolute Gasteiger partial charge is 0.348 e. The van der Waals surface area contributed by atoms with Crippen molar-refractivity contribution >= 4 is 39.8 Å². The quantitative estimate of drug-likeness (QED) is 0.824. The van der Waals surface area contributed by atoms with Gasteiger partial charge in [-0.25, -0.2) is 0 Å². The highest BCUT2D eigenvalue weighted by Gasteiger charge is 2.31. The number of amides is 1. The van der Waals surface area contributed by atoms with Gasteiger partial charge in [-0.05, 0) is 47.4 Å². The number of thiophene rings is 1. The Balaban J connectivity index is 1.96. The molecule has 1 aromatic rings. The summed E-state index contributed by atoms with van der Waals surface area (Å²) in [7, 11) is 0. The standard InChI is InChI=1S/C10H13IN2OS/c11-9-3-7(5-15-9)10(14)13-8(4-12)6-1-2-6/h3,5-6,8H,1-2,4,12H2,(H,13,14). The Morgan fingerprint density at radius 2 is 2.47 bits per heavy atom. The molecule has 1 amide bonds. The van der Waals surface area contributed by atoms with Crippen LogP contribution in [0.2, 0.25) is 0 Å². The zero-order chi connectivity index (χ0) is 10.8. The first-order valence-electron chi connectivity index (χ1n) is 4.95. The van der Waals surface area contributed by atoms with Crippen molar-refractivity contribution in [3.05, 3.63) is 19.9 Å². The molecule has 1 heterocycles. The second-order valence-corrected chi connectivity index (χ2v) is 6.60. The van der Waals surface area contributed by atoms with Gasteiger partial charge in [-0.3, -0.25) is 4.79 Å². The van der Waals surface area contributed by atoms with Crippen LogP contribution < -0.4 is 11.1 Å². The van der Waals surface area contributed by atoms with Crippen LogP contribution in [0.15, 0.2) is 11.4 Å². The van der Waals surface area contributed by atoms with Crippen molar-refractivity contribution in [1.29, 1.82) is 0 Å². The Kier molecular flexibility index (Phi) is 3.63. The summed E-state index contributed by atoms with van der Waals surface area (Å²) in [6, 6.07) is 2.07. The number of carbonyl (C=O) groups is 1. The normalized spacial score (nSPS) is 17.5. The van der Waals surface area contributed by atoms with Crippen LogP contribution in [-0.4, -0.2) is 18.5 Å². The zero-order valence-corrected chi connectivity index (χ0v) is 11.2. The molecule has 1 fully saturated rings. The average molecular weight is 336 g/mol. The van der Waals surface area contributed by atoms with Crippen LogP contribution in [-0.2, 0) is 0 Å². The van der Waals surface area contributed by atoms with Gasteiger partial charge >= 0.3 is 0 Å². The van der Waals surface area contributed by atoms with Gasteiger partial charge in [0.05, 0.1) is 8.45 Å². The van der Waals surface area contributed by atoms with Crippen molar-refractivity contribution in [1.82, 2.24) is 5.32 Å². The Labute approximate surface area is 107 Å². The molecule has 2 rings (SSSR count). The molecule has 3 N–H and O–H groups in total. The summed E-state index contributed by atoms with van der Waals surface area (Å²) < 4.78 is 1.13. The summed E-state index contributed by atoms with van der Waals surface area (Å²) in [6.07, 6.45) is 2.40. The predicted octanol–water partition coefficient (Wildman–Crippen LogP) is 1.82. The minimum absolute atomic E-state index is 0.0107. The SMILES string of the molecule is NCC(NC(=O)c1csc(I)c1)C1CC1. The lowest BCUT2D eigenvalue weighted by Gasteiger charge is -2.15. The second-order valence-electron chi connectivity index (χ2n) is 3.79. The monoisotopic (exact) mass is 336 g/mol. The van der Waals surface area contributed by atoms with Gasteiger partial charge in [0.2, 0.25) is 0 Å². The number of halogens is 1. The van der Waals surface area contributed by atoms with E-state index in [9.17, 15) is 4.79 Å². The molecule has 1 aliphatic carbocycles. The lowest BCUT2D eigenvalue weighted by Crippen LogP contribution is -2.41. The van der Waals surface area contributed by atoms with Crippen molar-refractivity contribution in [2.45, 2.75) is 18.9 Å². The van der Waals surface area contributed by atoms with E-state index in [0.29, 0.717) is 12.5 Å². The fraction of sp³-hybridized carbons (Fsp3) is 0.500. The van der Waals surface area contributed by atoms with Gasteiger partial charge in [0.1, 0.15) is 0 Å². The van der Waals surface area contributed by atoms with Gasteiger partial charge in [0, 0.05) is 18.0 Å². The lowest BCUT2D eigenvalue weighted by atomic mass is 10.2. The molecule has 1 unspecified atom stereocenters. The van der Waals surface area contributed by atoms with Gasteiger partial charge in [0.15, 0.2) is 0 Å². The molecule has 0 aliphatic heterocycles. The maximum Gasteiger partial charge on any atom is 0.252 e. The van der Waals surface area contributed by atoms with E-state index in [1.807, 2.05) is 11.4 Å². The molecule has 0 aromatic carbocycles. The Morgan fingerprint density at radius 1 is 1.73 bits per heavy atom. The van der Waals surface area contributed by atoms with Gasteiger partial charge < -0.3 is 11.1 Å². The average Bonchev–Trinajstić information content (AvgIpc) is 2.97. The van der Waals surface area contributed by atoms with E-state index in [0.717, 1.165) is 8.45 Å². The van der Waals surface area contributed by atoms with Crippen molar-refractivity contribution in [2.75, 3.05) is 6.54 Å². The third kappa shape index (κ3) is 2.92. The minimum Gasteiger partial charge on any atom is -0.348 e. The van der Waals surface area contributed by atoms with Gasteiger partial charge in [0.25, 0.3) is 5.91 Å². The van der Waals surface area contributed by atoms with Crippen molar-refractivity contribution in [3.63, 3.8) is 0 Å². The molecule has 1 atom stereocenters. The molecule has 1 aromatic heterocycles. The van der Waals surface area contributed by atoms with Gasteiger partial charge in [-0.15, -0.1) is 11.3 Å². The van der Waals surface area contributed by atoms with Crippen molar-refractivity contribution < 1.29 is 4.79 Å². The number of hydrogen-bond acceptors (Lipinski definition) is 3. The first kappa shape index (κ1) is 11.3. The Hall–Kier alpha value is -0.140. The second kappa shape index (κ2) is 4.80. The molecule has 0 saturated heterocycles. The van der Waals surface area contributed by atoms with E-state index in [1.54, 1.807) is 11.3 Å². The Bertz CT molecular complexity index is 362. The molecule has 15 heavy (non-hydrogen) atoms. The highest BCUT2D eigenvalue weighted by atomic mass is 127. The van der Waals surface area contributed by atoms with Crippen LogP contribution in [0, 0.1) is 8.80 Å². The summed E-state index contributed by atoms with van der Waals surface area (Å²) in [5.41, 5.74) is 6.38. The van der Waals surface area contributed by atoms with E-state index < -0.39 is 0 Å². The topological polar surface area (TPSA) is 55.1 Å². The molecule has 5 heteroatoms. The van der Waals surface area contributed by atoms with Gasteiger partial charge in [-0.2, -0.15) is 0 Å². The third-order valence-corrected chi connectivity index (χ3v) is 4.38. The molecular weight excluding hydrogens is 323 g/mol. The highest BCUT2D eigenvalue weighted by Crippen LogP contribution is 2.32. The van der Waals surface area contributed by atoms with Crippen LogP contribution in [0.1, 0.15) is 23.2 Å². The summed E-state index contributed by atoms with van der Waals surface area (Å²) in [5, 5.41) is 4.88. The predicted molar refractivity (Wildman–Crippen MR) is 70.1 cm³/mol. The molecule has 82 valence electrons. The minimum atomic E-state index is 0.0107. The molecule has 1 aliphatic rings. The molecule has 3 nitrogen and oxygen atoms in total. The number of hydrogen-bond donors (Lipinski definition) is 2. The molecule has 0 spiro atoms. The highest BCUT2D eigenvalue weighted by molar-refractivity contribution is 14.1. The summed E-state index contributed by atoms with van der Waals surface area (Å²) in [4.78, 5) is 11.8. The number of carbonyl (C=O) groups excluding carboxylic acids is 1.